The lowest BCUT2D eigenvalue weighted by molar-refractivity contribution is -0.121. The van der Waals surface area contributed by atoms with Gasteiger partial charge in [-0.2, -0.15) is 10.1 Å². The fourth-order valence-electron chi connectivity index (χ4n) is 3.25. The molecule has 7 nitrogen and oxygen atoms in total. The van der Waals surface area contributed by atoms with Crippen LogP contribution in [0.1, 0.15) is 29.5 Å². The van der Waals surface area contributed by atoms with Gasteiger partial charge in [-0.25, -0.2) is 9.50 Å². The van der Waals surface area contributed by atoms with Gasteiger partial charge in [-0.1, -0.05) is 42.5 Å². The Labute approximate surface area is 181 Å². The van der Waals surface area contributed by atoms with E-state index in [4.69, 9.17) is 4.74 Å². The smallest absolute Gasteiger partial charge is 0.252 e. The minimum absolute atomic E-state index is 0.0641. The van der Waals surface area contributed by atoms with Crippen LogP contribution in [0.15, 0.2) is 73.3 Å². The fourth-order valence-corrected chi connectivity index (χ4v) is 3.25. The minimum Gasteiger partial charge on any atom is -0.489 e. The van der Waals surface area contributed by atoms with Gasteiger partial charge in [-0.05, 0) is 48.1 Å². The highest BCUT2D eigenvalue weighted by Gasteiger charge is 2.04. The van der Waals surface area contributed by atoms with Crippen molar-refractivity contribution >= 4 is 11.7 Å². The molecule has 4 aromatic rings. The van der Waals surface area contributed by atoms with E-state index in [1.807, 2.05) is 60.8 Å². The molecule has 2 aromatic carbocycles. The Morgan fingerprint density at radius 3 is 2.61 bits per heavy atom. The third kappa shape index (κ3) is 6.12. The summed E-state index contributed by atoms with van der Waals surface area (Å²) in [6.45, 7) is 1.19. The first kappa shape index (κ1) is 20.5. The molecule has 0 saturated carbocycles. The van der Waals surface area contributed by atoms with E-state index in [9.17, 15) is 4.79 Å². The van der Waals surface area contributed by atoms with Gasteiger partial charge in [0.15, 0.2) is 0 Å². The van der Waals surface area contributed by atoms with Gasteiger partial charge < -0.3 is 10.1 Å². The molecule has 1 amide bonds. The summed E-state index contributed by atoms with van der Waals surface area (Å²) in [5.41, 5.74) is 3.33. The lowest BCUT2D eigenvalue weighted by atomic mass is 10.1. The Kier molecular flexibility index (Phi) is 6.85. The highest BCUT2D eigenvalue weighted by Crippen LogP contribution is 2.15. The van der Waals surface area contributed by atoms with Crippen molar-refractivity contribution in [3.05, 3.63) is 90.0 Å². The number of ether oxygens (including phenoxy) is 1. The quantitative estimate of drug-likeness (QED) is 0.402. The van der Waals surface area contributed by atoms with Crippen LogP contribution in [0.3, 0.4) is 0 Å². The van der Waals surface area contributed by atoms with Gasteiger partial charge in [0, 0.05) is 25.4 Å². The first-order valence-corrected chi connectivity index (χ1v) is 10.4. The van der Waals surface area contributed by atoms with Gasteiger partial charge in [-0.15, -0.1) is 0 Å². The molecule has 4 rings (SSSR count). The van der Waals surface area contributed by atoms with Gasteiger partial charge in [0.1, 0.15) is 18.7 Å². The largest absolute Gasteiger partial charge is 0.489 e. The summed E-state index contributed by atoms with van der Waals surface area (Å²) in [6, 6.07) is 18.0. The maximum Gasteiger partial charge on any atom is 0.252 e. The van der Waals surface area contributed by atoms with E-state index >= 15 is 0 Å². The van der Waals surface area contributed by atoms with Crippen LogP contribution in [0.25, 0.3) is 5.78 Å². The maximum atomic E-state index is 12.1. The molecule has 0 atom stereocenters. The van der Waals surface area contributed by atoms with Crippen LogP contribution in [-0.4, -0.2) is 32.0 Å². The van der Waals surface area contributed by atoms with E-state index in [0.29, 0.717) is 31.8 Å². The summed E-state index contributed by atoms with van der Waals surface area (Å²) >= 11 is 0. The molecule has 0 radical (unpaired) electrons. The predicted molar refractivity (Wildman–Crippen MR) is 118 cm³/mol. The summed E-state index contributed by atoms with van der Waals surface area (Å²) in [4.78, 5) is 20.4. The van der Waals surface area contributed by atoms with Gasteiger partial charge in [0.25, 0.3) is 5.78 Å². The van der Waals surface area contributed by atoms with Crippen LogP contribution in [0.5, 0.6) is 5.75 Å². The molecule has 0 unspecified atom stereocenters. The molecular weight excluding hydrogens is 390 g/mol. The number of rotatable bonds is 10. The van der Waals surface area contributed by atoms with Crippen molar-refractivity contribution in [1.82, 2.24) is 24.9 Å². The van der Waals surface area contributed by atoms with Crippen molar-refractivity contribution in [3.8, 4) is 5.75 Å². The zero-order chi connectivity index (χ0) is 21.3. The van der Waals surface area contributed by atoms with Gasteiger partial charge >= 0.3 is 0 Å². The van der Waals surface area contributed by atoms with E-state index in [1.165, 1.54) is 6.33 Å². The van der Waals surface area contributed by atoms with Crippen molar-refractivity contribution in [2.45, 2.75) is 32.3 Å². The number of hydrogen-bond acceptors (Lipinski definition) is 5. The number of hydrogen-bond donors (Lipinski definition) is 1. The fraction of sp³-hybridized carbons (Fsp3) is 0.250. The second kappa shape index (κ2) is 10.3. The predicted octanol–water partition coefficient (Wildman–Crippen LogP) is 3.38. The summed E-state index contributed by atoms with van der Waals surface area (Å²) in [6.07, 6.45) is 8.06. The van der Waals surface area contributed by atoms with Crippen LogP contribution < -0.4 is 10.1 Å². The summed E-state index contributed by atoms with van der Waals surface area (Å²) in [5.74, 6) is 1.48. The van der Waals surface area contributed by atoms with Crippen molar-refractivity contribution in [2.24, 2.45) is 0 Å². The number of benzene rings is 2. The van der Waals surface area contributed by atoms with E-state index in [0.717, 1.165) is 35.3 Å². The van der Waals surface area contributed by atoms with Gasteiger partial charge in [0.05, 0.1) is 0 Å². The first-order valence-electron chi connectivity index (χ1n) is 10.4. The molecule has 1 N–H and O–H groups in total. The maximum absolute atomic E-state index is 12.1. The highest BCUT2D eigenvalue weighted by atomic mass is 16.5. The number of carbonyl (C=O) groups excluding carboxylic acids is 1. The van der Waals surface area contributed by atoms with Crippen molar-refractivity contribution in [3.63, 3.8) is 0 Å². The van der Waals surface area contributed by atoms with Crippen LogP contribution in [0.2, 0.25) is 0 Å². The number of fused-ring (bicyclic) bond motifs is 1. The zero-order valence-corrected chi connectivity index (χ0v) is 17.3. The summed E-state index contributed by atoms with van der Waals surface area (Å²) in [5, 5.41) is 7.07. The number of nitrogens with one attached hydrogen (secondary N) is 1. The molecule has 0 aliphatic heterocycles. The number of nitrogens with zero attached hydrogens (tertiary/aromatic N) is 4. The molecular formula is C24H25N5O2. The summed E-state index contributed by atoms with van der Waals surface area (Å²) in [7, 11) is 0. The standard InChI is InChI=1S/C24H25N5O2/c30-23(25-14-4-7-21-15-26-24-27-18-28-29(24)16-21)13-10-19-8-11-22(12-9-19)31-17-20-5-2-1-3-6-20/h1-3,5-6,8-9,11-12,15-16,18H,4,7,10,13-14,17H2,(H,25,30). The number of carbonyl (C=O) groups is 1. The molecule has 2 aromatic heterocycles. The Morgan fingerprint density at radius 1 is 0.935 bits per heavy atom. The highest BCUT2D eigenvalue weighted by molar-refractivity contribution is 5.76. The topological polar surface area (TPSA) is 81.4 Å². The molecule has 0 fully saturated rings. The lowest BCUT2D eigenvalue weighted by Crippen LogP contribution is -2.25. The molecule has 0 spiro atoms. The zero-order valence-electron chi connectivity index (χ0n) is 17.3. The molecule has 0 bridgehead atoms. The second-order valence-corrected chi connectivity index (χ2v) is 7.34. The number of amides is 1. The minimum atomic E-state index is 0.0641. The third-order valence-corrected chi connectivity index (χ3v) is 4.96. The Balaban J connectivity index is 1.13. The van der Waals surface area contributed by atoms with E-state index in [-0.39, 0.29) is 5.91 Å². The number of aromatic nitrogens is 4. The lowest BCUT2D eigenvalue weighted by Gasteiger charge is -2.08. The van der Waals surface area contributed by atoms with E-state index in [2.05, 4.69) is 20.4 Å². The van der Waals surface area contributed by atoms with Crippen LogP contribution in [-0.2, 0) is 24.2 Å². The molecule has 31 heavy (non-hydrogen) atoms. The third-order valence-electron chi connectivity index (χ3n) is 4.96. The normalized spacial score (nSPS) is 10.8. The second-order valence-electron chi connectivity index (χ2n) is 7.34. The monoisotopic (exact) mass is 415 g/mol. The van der Waals surface area contributed by atoms with Crippen LogP contribution in [0.4, 0.5) is 0 Å². The average molecular weight is 415 g/mol. The molecule has 7 heteroatoms. The first-order chi connectivity index (χ1) is 15.3. The Bertz CT molecular complexity index is 1110. The van der Waals surface area contributed by atoms with E-state index < -0.39 is 0 Å². The van der Waals surface area contributed by atoms with Crippen molar-refractivity contribution in [2.75, 3.05) is 6.54 Å². The molecule has 2 heterocycles. The van der Waals surface area contributed by atoms with E-state index in [1.54, 1.807) is 10.7 Å². The summed E-state index contributed by atoms with van der Waals surface area (Å²) < 4.78 is 7.46. The van der Waals surface area contributed by atoms with Gasteiger partial charge in [-0.3, -0.25) is 4.79 Å². The van der Waals surface area contributed by atoms with Crippen LogP contribution in [0, 0.1) is 0 Å². The Hall–Kier alpha value is -3.74. The van der Waals surface area contributed by atoms with Crippen LogP contribution >= 0.6 is 0 Å². The number of aryl methyl sites for hydroxylation is 2. The SMILES string of the molecule is O=C(CCc1ccc(OCc2ccccc2)cc1)NCCCc1cnc2ncnn2c1. The van der Waals surface area contributed by atoms with Gasteiger partial charge in [0.2, 0.25) is 5.91 Å². The molecule has 158 valence electrons. The van der Waals surface area contributed by atoms with Crippen molar-refractivity contribution < 1.29 is 9.53 Å². The average Bonchev–Trinajstić information content (AvgIpc) is 3.28. The van der Waals surface area contributed by atoms with Crippen molar-refractivity contribution in [1.29, 1.82) is 0 Å². The molecule has 0 aliphatic rings. The Morgan fingerprint density at radius 2 is 1.77 bits per heavy atom. The molecule has 0 aliphatic carbocycles. The molecule has 0 saturated heterocycles.